The minimum absolute atomic E-state index is 0.188. The van der Waals surface area contributed by atoms with Crippen LogP contribution in [-0.4, -0.2) is 27.6 Å². The number of para-hydroxylation sites is 1. The Balaban J connectivity index is 1.60. The number of hydrogen-bond donors (Lipinski definition) is 0. The van der Waals surface area contributed by atoms with Gasteiger partial charge in [0.05, 0.1) is 11.3 Å². The molecule has 0 saturated carbocycles. The smallest absolute Gasteiger partial charge is 0.291 e. The molecule has 0 fully saturated rings. The van der Waals surface area contributed by atoms with E-state index in [-0.39, 0.29) is 11.5 Å². The van der Waals surface area contributed by atoms with Crippen molar-refractivity contribution in [3.63, 3.8) is 0 Å². The Labute approximate surface area is 174 Å². The fraction of sp³-hybridized carbons (Fsp3) is 0.0435. The summed E-state index contributed by atoms with van der Waals surface area (Å²) in [6.07, 6.45) is 0. The van der Waals surface area contributed by atoms with Crippen molar-refractivity contribution in [1.82, 2.24) is 14.6 Å². The largest absolute Gasteiger partial charge is 0.311 e. The predicted octanol–water partition coefficient (Wildman–Crippen LogP) is 2.87. The van der Waals surface area contributed by atoms with Crippen molar-refractivity contribution in [2.45, 2.75) is 0 Å². The van der Waals surface area contributed by atoms with Gasteiger partial charge < -0.3 is 4.90 Å². The summed E-state index contributed by atoms with van der Waals surface area (Å²) in [6.45, 7) is 0. The molecular weight excluding hydrogens is 396 g/mol. The third-order valence-corrected chi connectivity index (χ3v) is 6.50. The van der Waals surface area contributed by atoms with Crippen molar-refractivity contribution in [2.75, 3.05) is 11.9 Å². The molecule has 144 valence electrons. The third-order valence-electron chi connectivity index (χ3n) is 5.47. The monoisotopic (exact) mass is 410 g/mol. The first kappa shape index (κ1) is 17.1. The van der Waals surface area contributed by atoms with E-state index in [9.17, 15) is 9.59 Å². The van der Waals surface area contributed by atoms with Crippen LogP contribution in [0.3, 0.4) is 0 Å². The van der Waals surface area contributed by atoms with Gasteiger partial charge in [0.15, 0.2) is 5.82 Å². The number of anilines is 1. The summed E-state index contributed by atoms with van der Waals surface area (Å²) in [5, 5.41) is 6.61. The number of carbonyl (C=O) groups excluding carboxylic acids is 1. The molecule has 0 saturated heterocycles. The zero-order valence-electron chi connectivity index (χ0n) is 15.9. The number of benzene rings is 3. The minimum Gasteiger partial charge on any atom is -0.311 e. The first-order chi connectivity index (χ1) is 14.6. The Morgan fingerprint density at radius 1 is 0.867 bits per heavy atom. The average Bonchev–Trinajstić information content (AvgIpc) is 3.40. The van der Waals surface area contributed by atoms with Gasteiger partial charge in [-0.2, -0.15) is 9.50 Å². The zero-order chi connectivity index (χ0) is 20.4. The number of nitrogens with zero attached hydrogens (tertiary/aromatic N) is 4. The predicted molar refractivity (Wildman–Crippen MR) is 118 cm³/mol. The first-order valence-electron chi connectivity index (χ1n) is 9.43. The number of amides is 1. The SMILES string of the molecule is CN1C(=O)/C(=c2\sc3nc(-c4cccc5ccccc45)nn3c2=O)c2ccccc21. The molecule has 2 aromatic heterocycles. The molecule has 0 N–H and O–H groups in total. The van der Waals surface area contributed by atoms with E-state index in [1.807, 2.05) is 66.7 Å². The Morgan fingerprint density at radius 3 is 2.47 bits per heavy atom. The summed E-state index contributed by atoms with van der Waals surface area (Å²) in [7, 11) is 1.72. The van der Waals surface area contributed by atoms with Gasteiger partial charge in [0.25, 0.3) is 11.5 Å². The fourth-order valence-electron chi connectivity index (χ4n) is 4.01. The van der Waals surface area contributed by atoms with Crippen molar-refractivity contribution < 1.29 is 4.79 Å². The van der Waals surface area contributed by atoms with Gasteiger partial charge >= 0.3 is 0 Å². The normalized spacial score (nSPS) is 15.4. The Bertz CT molecular complexity index is 1610. The maximum absolute atomic E-state index is 13.2. The molecule has 6 nitrogen and oxygen atoms in total. The van der Waals surface area contributed by atoms with Crippen molar-refractivity contribution >= 4 is 44.2 Å². The van der Waals surface area contributed by atoms with E-state index in [1.54, 1.807) is 11.9 Å². The van der Waals surface area contributed by atoms with Crippen LogP contribution < -0.4 is 15.0 Å². The second kappa shape index (κ2) is 6.08. The molecule has 0 bridgehead atoms. The van der Waals surface area contributed by atoms with Gasteiger partial charge in [-0.15, -0.1) is 5.10 Å². The summed E-state index contributed by atoms with van der Waals surface area (Å²) >= 11 is 1.20. The van der Waals surface area contributed by atoms with E-state index in [1.165, 1.54) is 15.9 Å². The molecule has 6 rings (SSSR count). The highest BCUT2D eigenvalue weighted by Crippen LogP contribution is 2.34. The molecule has 3 aromatic carbocycles. The number of thiazole rings is 1. The highest BCUT2D eigenvalue weighted by atomic mass is 32.1. The number of likely N-dealkylation sites (N-methyl/N-ethyl adjacent to an activating group) is 1. The Morgan fingerprint density at radius 2 is 1.60 bits per heavy atom. The molecule has 0 radical (unpaired) electrons. The number of aromatic nitrogens is 3. The van der Waals surface area contributed by atoms with Crippen molar-refractivity contribution in [3.8, 4) is 11.4 Å². The van der Waals surface area contributed by atoms with E-state index in [2.05, 4.69) is 10.1 Å². The molecule has 7 heteroatoms. The lowest BCUT2D eigenvalue weighted by molar-refractivity contribution is -0.112. The minimum atomic E-state index is -0.317. The van der Waals surface area contributed by atoms with Crippen LogP contribution in [0.15, 0.2) is 71.5 Å². The van der Waals surface area contributed by atoms with Gasteiger partial charge in [-0.25, -0.2) is 0 Å². The summed E-state index contributed by atoms with van der Waals surface area (Å²) in [5.74, 6) is 0.314. The third kappa shape index (κ3) is 2.23. The maximum atomic E-state index is 13.2. The second-order valence-electron chi connectivity index (χ2n) is 7.15. The molecule has 5 aromatic rings. The van der Waals surface area contributed by atoms with Crippen LogP contribution in [0.4, 0.5) is 5.69 Å². The summed E-state index contributed by atoms with van der Waals surface area (Å²) < 4.78 is 1.68. The lowest BCUT2D eigenvalue weighted by Gasteiger charge is -2.07. The van der Waals surface area contributed by atoms with Crippen molar-refractivity contribution in [3.05, 3.63) is 87.2 Å². The Hall–Kier alpha value is -3.84. The molecule has 0 atom stereocenters. The van der Waals surface area contributed by atoms with Crippen LogP contribution in [0.2, 0.25) is 0 Å². The van der Waals surface area contributed by atoms with E-state index < -0.39 is 0 Å². The first-order valence-corrected chi connectivity index (χ1v) is 10.2. The molecule has 0 aliphatic carbocycles. The van der Waals surface area contributed by atoms with Gasteiger partial charge in [-0.05, 0) is 16.8 Å². The highest BCUT2D eigenvalue weighted by molar-refractivity contribution is 7.15. The van der Waals surface area contributed by atoms with Gasteiger partial charge in [0, 0.05) is 18.2 Å². The molecule has 3 heterocycles. The van der Waals surface area contributed by atoms with Crippen LogP contribution in [-0.2, 0) is 4.79 Å². The summed E-state index contributed by atoms with van der Waals surface area (Å²) in [5.41, 5.74) is 2.54. The van der Waals surface area contributed by atoms with Gasteiger partial charge in [-0.1, -0.05) is 72.0 Å². The highest BCUT2D eigenvalue weighted by Gasteiger charge is 2.31. The van der Waals surface area contributed by atoms with Crippen LogP contribution in [0.1, 0.15) is 5.56 Å². The standard InChI is InChI=1S/C23H14N4O2S/c1-26-17-12-5-4-10-16(17)18(21(26)28)19-22(29)27-23(30-19)24-20(25-27)15-11-6-8-13-7-2-3-9-14(13)15/h2-12H,1H3/b19-18-. The van der Waals surface area contributed by atoms with Crippen LogP contribution in [0.25, 0.3) is 32.7 Å². The summed E-state index contributed by atoms with van der Waals surface area (Å²) in [6, 6.07) is 21.4. The van der Waals surface area contributed by atoms with Crippen LogP contribution in [0.5, 0.6) is 0 Å². The van der Waals surface area contributed by atoms with Crippen molar-refractivity contribution in [1.29, 1.82) is 0 Å². The molecule has 1 aliphatic heterocycles. The van der Waals surface area contributed by atoms with Crippen LogP contribution >= 0.6 is 11.3 Å². The second-order valence-corrected chi connectivity index (χ2v) is 8.13. The van der Waals surface area contributed by atoms with E-state index >= 15 is 0 Å². The topological polar surface area (TPSA) is 67.6 Å². The van der Waals surface area contributed by atoms with E-state index in [0.717, 1.165) is 27.6 Å². The van der Waals surface area contributed by atoms with E-state index in [4.69, 9.17) is 0 Å². The zero-order valence-corrected chi connectivity index (χ0v) is 16.7. The lowest BCUT2D eigenvalue weighted by atomic mass is 10.0. The van der Waals surface area contributed by atoms with Gasteiger partial charge in [0.1, 0.15) is 4.53 Å². The number of carbonyl (C=O) groups is 1. The summed E-state index contributed by atoms with van der Waals surface area (Å²) in [4.78, 5) is 32.7. The molecule has 0 spiro atoms. The lowest BCUT2D eigenvalue weighted by Crippen LogP contribution is -2.30. The molecule has 1 amide bonds. The van der Waals surface area contributed by atoms with Gasteiger partial charge in [0.2, 0.25) is 4.96 Å². The fourth-order valence-corrected chi connectivity index (χ4v) is 5.01. The number of hydrogen-bond acceptors (Lipinski definition) is 5. The van der Waals surface area contributed by atoms with Crippen molar-refractivity contribution in [2.24, 2.45) is 0 Å². The van der Waals surface area contributed by atoms with Crippen LogP contribution in [0, 0.1) is 0 Å². The molecule has 0 unspecified atom stereocenters. The average molecular weight is 410 g/mol. The molecule has 1 aliphatic rings. The maximum Gasteiger partial charge on any atom is 0.291 e. The number of rotatable bonds is 1. The van der Waals surface area contributed by atoms with E-state index in [0.29, 0.717) is 20.9 Å². The molecule has 30 heavy (non-hydrogen) atoms. The number of fused-ring (bicyclic) bond motifs is 3. The Kier molecular flexibility index (Phi) is 3.45. The quantitative estimate of drug-likeness (QED) is 0.426. The molecular formula is C23H14N4O2S. The van der Waals surface area contributed by atoms with Gasteiger partial charge in [-0.3, -0.25) is 9.59 Å².